The number of rotatable bonds is 4. The minimum Gasteiger partial charge on any atom is -0.379 e. The van der Waals surface area contributed by atoms with Gasteiger partial charge in [-0.1, -0.05) is 11.3 Å². The van der Waals surface area contributed by atoms with Crippen LogP contribution in [0.5, 0.6) is 0 Å². The molecule has 0 amide bonds. The average Bonchev–Trinajstić information content (AvgIpc) is 2.96. The van der Waals surface area contributed by atoms with Gasteiger partial charge in [0.2, 0.25) is 4.96 Å². The van der Waals surface area contributed by atoms with Crippen LogP contribution < -0.4 is 5.32 Å². The molecular formula is C13H11BrN4OS. The third-order valence-electron chi connectivity index (χ3n) is 2.90. The van der Waals surface area contributed by atoms with E-state index in [0.717, 1.165) is 20.3 Å². The van der Waals surface area contributed by atoms with Gasteiger partial charge in [0, 0.05) is 11.3 Å². The lowest BCUT2D eigenvalue weighted by atomic mass is 10.1. The molecule has 1 aromatic carbocycles. The van der Waals surface area contributed by atoms with Crippen molar-refractivity contribution in [3.05, 3.63) is 45.6 Å². The van der Waals surface area contributed by atoms with Crippen molar-refractivity contribution in [2.75, 3.05) is 5.32 Å². The lowest BCUT2D eigenvalue weighted by molar-refractivity contribution is 0.101. The zero-order valence-corrected chi connectivity index (χ0v) is 13.0. The molecule has 1 N–H and O–H groups in total. The van der Waals surface area contributed by atoms with Crippen LogP contribution in [0.4, 0.5) is 5.69 Å². The van der Waals surface area contributed by atoms with Gasteiger partial charge in [0.05, 0.1) is 18.4 Å². The van der Waals surface area contributed by atoms with Crippen molar-refractivity contribution in [1.82, 2.24) is 14.6 Å². The van der Waals surface area contributed by atoms with Crippen LogP contribution >= 0.6 is 27.3 Å². The number of benzene rings is 1. The third-order valence-corrected chi connectivity index (χ3v) is 4.25. The first kappa shape index (κ1) is 13.3. The van der Waals surface area contributed by atoms with Gasteiger partial charge in [-0.2, -0.15) is 0 Å². The highest BCUT2D eigenvalue weighted by Gasteiger charge is 2.08. The number of hydrogen-bond donors (Lipinski definition) is 1. The van der Waals surface area contributed by atoms with Gasteiger partial charge in [0.1, 0.15) is 0 Å². The van der Waals surface area contributed by atoms with Crippen molar-refractivity contribution in [3.63, 3.8) is 0 Å². The van der Waals surface area contributed by atoms with Gasteiger partial charge in [-0.05, 0) is 47.1 Å². The van der Waals surface area contributed by atoms with Crippen LogP contribution in [0.3, 0.4) is 0 Å². The molecular weight excluding hydrogens is 340 g/mol. The predicted octanol–water partition coefficient (Wildman–Crippen LogP) is 3.37. The van der Waals surface area contributed by atoms with E-state index in [0.29, 0.717) is 12.1 Å². The van der Waals surface area contributed by atoms with Gasteiger partial charge in [-0.25, -0.2) is 9.50 Å². The Hall–Kier alpha value is -1.73. The molecule has 0 bridgehead atoms. The van der Waals surface area contributed by atoms with E-state index in [1.165, 1.54) is 11.3 Å². The number of fused-ring (bicyclic) bond motifs is 1. The molecule has 3 rings (SSSR count). The summed E-state index contributed by atoms with van der Waals surface area (Å²) in [6.45, 7) is 2.18. The van der Waals surface area contributed by atoms with E-state index < -0.39 is 0 Å². The maximum atomic E-state index is 11.2. The van der Waals surface area contributed by atoms with E-state index in [1.807, 2.05) is 35.0 Å². The molecule has 0 unspecified atom stereocenters. The molecule has 3 aromatic rings. The number of carbonyl (C=O) groups excluding carboxylic acids is 1. The fourth-order valence-corrected chi connectivity index (χ4v) is 3.06. The normalized spacial score (nSPS) is 10.9. The van der Waals surface area contributed by atoms with Gasteiger partial charge < -0.3 is 5.32 Å². The monoisotopic (exact) mass is 350 g/mol. The van der Waals surface area contributed by atoms with E-state index in [9.17, 15) is 4.79 Å². The molecule has 0 saturated carbocycles. The highest BCUT2D eigenvalue weighted by Crippen LogP contribution is 2.20. The van der Waals surface area contributed by atoms with Crippen LogP contribution in [-0.2, 0) is 6.54 Å². The number of halogens is 1. The highest BCUT2D eigenvalue weighted by molar-refractivity contribution is 9.11. The summed E-state index contributed by atoms with van der Waals surface area (Å²) in [6, 6.07) is 7.42. The number of anilines is 1. The van der Waals surface area contributed by atoms with Crippen molar-refractivity contribution in [2.24, 2.45) is 0 Å². The van der Waals surface area contributed by atoms with E-state index >= 15 is 0 Å². The number of hydrogen-bond acceptors (Lipinski definition) is 5. The molecule has 0 aliphatic carbocycles. The number of imidazole rings is 1. The summed E-state index contributed by atoms with van der Waals surface area (Å²) in [5.41, 5.74) is 2.66. The standard InChI is InChI=1S/C13H11BrN4OS/c1-8(19)9-2-4-10(5-3-9)15-6-11-7-16-13-18(11)17-12(14)20-13/h2-5,7,15H,6H2,1H3. The van der Waals surface area contributed by atoms with E-state index in [4.69, 9.17) is 0 Å². The first-order valence-corrected chi connectivity index (χ1v) is 7.58. The molecule has 0 atom stereocenters. The fraction of sp³-hybridized carbons (Fsp3) is 0.154. The summed E-state index contributed by atoms with van der Waals surface area (Å²) < 4.78 is 2.62. The molecule has 5 nitrogen and oxygen atoms in total. The minimum atomic E-state index is 0.0707. The fourth-order valence-electron chi connectivity index (χ4n) is 1.85. The minimum absolute atomic E-state index is 0.0707. The van der Waals surface area contributed by atoms with E-state index in [1.54, 1.807) is 6.92 Å². The Morgan fingerprint density at radius 1 is 1.40 bits per heavy atom. The summed E-state index contributed by atoms with van der Waals surface area (Å²) >= 11 is 4.84. The molecule has 102 valence electrons. The van der Waals surface area contributed by atoms with Crippen molar-refractivity contribution in [3.8, 4) is 0 Å². The van der Waals surface area contributed by atoms with Crippen LogP contribution in [0.15, 0.2) is 34.4 Å². The average molecular weight is 351 g/mol. The lowest BCUT2D eigenvalue weighted by Gasteiger charge is -2.05. The molecule has 0 fully saturated rings. The van der Waals surface area contributed by atoms with Gasteiger partial charge in [0.25, 0.3) is 0 Å². The second-order valence-electron chi connectivity index (χ2n) is 4.29. The van der Waals surface area contributed by atoms with Gasteiger partial charge in [-0.15, -0.1) is 5.10 Å². The lowest BCUT2D eigenvalue weighted by Crippen LogP contribution is -2.03. The molecule has 0 saturated heterocycles. The number of aromatic nitrogens is 3. The Labute approximate surface area is 127 Å². The number of nitrogens with zero attached hydrogens (tertiary/aromatic N) is 3. The van der Waals surface area contributed by atoms with Gasteiger partial charge >= 0.3 is 0 Å². The summed E-state index contributed by atoms with van der Waals surface area (Å²) in [4.78, 5) is 16.4. The Balaban J connectivity index is 1.74. The third kappa shape index (κ3) is 2.59. The maximum absolute atomic E-state index is 11.2. The molecule has 2 heterocycles. The zero-order chi connectivity index (χ0) is 14.1. The second kappa shape index (κ2) is 5.34. The summed E-state index contributed by atoms with van der Waals surface area (Å²) in [6.07, 6.45) is 1.81. The van der Waals surface area contributed by atoms with Crippen molar-refractivity contribution in [1.29, 1.82) is 0 Å². The zero-order valence-electron chi connectivity index (χ0n) is 10.6. The smallest absolute Gasteiger partial charge is 0.213 e. The number of Topliss-reactive ketones (excluding diaryl/α,β-unsaturated/α-hetero) is 1. The first-order chi connectivity index (χ1) is 9.63. The molecule has 2 aromatic heterocycles. The van der Waals surface area contributed by atoms with Crippen molar-refractivity contribution in [2.45, 2.75) is 13.5 Å². The summed E-state index contributed by atoms with van der Waals surface area (Å²) in [5, 5.41) is 7.62. The van der Waals surface area contributed by atoms with Crippen LogP contribution in [0.2, 0.25) is 0 Å². The number of nitrogens with one attached hydrogen (secondary N) is 1. The molecule has 0 radical (unpaired) electrons. The molecule has 0 aliphatic heterocycles. The number of carbonyl (C=O) groups is 1. The van der Waals surface area contributed by atoms with Gasteiger partial charge in [0.15, 0.2) is 9.70 Å². The largest absolute Gasteiger partial charge is 0.379 e. The number of ketones is 1. The predicted molar refractivity (Wildman–Crippen MR) is 82.3 cm³/mol. The SMILES string of the molecule is CC(=O)c1ccc(NCc2cnc3sc(Br)nn23)cc1. The molecule has 0 spiro atoms. The Bertz CT molecular complexity index is 762. The van der Waals surface area contributed by atoms with Crippen molar-refractivity contribution >= 4 is 43.7 Å². The topological polar surface area (TPSA) is 59.3 Å². The summed E-state index contributed by atoms with van der Waals surface area (Å²) in [5.74, 6) is 0.0707. The second-order valence-corrected chi connectivity index (χ2v) is 6.52. The van der Waals surface area contributed by atoms with Crippen molar-refractivity contribution < 1.29 is 4.79 Å². The molecule has 0 aliphatic rings. The van der Waals surface area contributed by atoms with Crippen LogP contribution in [0.1, 0.15) is 23.0 Å². The van der Waals surface area contributed by atoms with Crippen LogP contribution in [-0.4, -0.2) is 20.4 Å². The Morgan fingerprint density at radius 2 is 2.15 bits per heavy atom. The van der Waals surface area contributed by atoms with Gasteiger partial charge in [-0.3, -0.25) is 4.79 Å². The maximum Gasteiger partial charge on any atom is 0.213 e. The Kier molecular flexibility index (Phi) is 3.54. The summed E-state index contributed by atoms with van der Waals surface area (Å²) in [7, 11) is 0. The highest BCUT2D eigenvalue weighted by atomic mass is 79.9. The quantitative estimate of drug-likeness (QED) is 0.733. The molecule has 7 heteroatoms. The van der Waals surface area contributed by atoms with Crippen LogP contribution in [0, 0.1) is 0 Å². The van der Waals surface area contributed by atoms with E-state index in [-0.39, 0.29) is 5.78 Å². The van der Waals surface area contributed by atoms with Crippen LogP contribution in [0.25, 0.3) is 4.96 Å². The van der Waals surface area contributed by atoms with E-state index in [2.05, 4.69) is 31.3 Å². The Morgan fingerprint density at radius 3 is 2.85 bits per heavy atom. The molecule has 20 heavy (non-hydrogen) atoms. The first-order valence-electron chi connectivity index (χ1n) is 5.97.